The van der Waals surface area contributed by atoms with Gasteiger partial charge in [0.1, 0.15) is 5.82 Å². The molecule has 0 aromatic heterocycles. The van der Waals surface area contributed by atoms with Crippen LogP contribution in [0.3, 0.4) is 0 Å². The topological polar surface area (TPSA) is 0 Å². The molecule has 0 aliphatic rings. The smallest absolute Gasteiger partial charge is 0.131 e. The molecule has 0 nitrogen and oxygen atoms in total. The van der Waals surface area contributed by atoms with E-state index in [9.17, 15) is 4.39 Å². The van der Waals surface area contributed by atoms with Crippen LogP contribution >= 0.6 is 0 Å². The van der Waals surface area contributed by atoms with E-state index >= 15 is 0 Å². The Morgan fingerprint density at radius 2 is 2.00 bits per heavy atom. The van der Waals surface area contributed by atoms with Gasteiger partial charge in [-0.2, -0.15) is 0 Å². The van der Waals surface area contributed by atoms with Gasteiger partial charge >= 0.3 is 0 Å². The number of benzene rings is 1. The minimum atomic E-state index is -0.249. The van der Waals surface area contributed by atoms with Crippen LogP contribution in [0.2, 0.25) is 0 Å². The van der Waals surface area contributed by atoms with Crippen LogP contribution in [-0.4, -0.2) is 0 Å². The normalized spacial score (nSPS) is 11.8. The fourth-order valence-corrected chi connectivity index (χ4v) is 1.57. The first kappa shape index (κ1) is 13.2. The molecule has 0 radical (unpaired) electrons. The zero-order valence-electron chi connectivity index (χ0n) is 10.3. The van der Waals surface area contributed by atoms with Gasteiger partial charge in [0.05, 0.1) is 0 Å². The van der Waals surface area contributed by atoms with Crippen molar-refractivity contribution in [2.75, 3.05) is 0 Å². The molecule has 0 saturated heterocycles. The summed E-state index contributed by atoms with van der Waals surface area (Å²) in [5, 5.41) is 0. The summed E-state index contributed by atoms with van der Waals surface area (Å²) in [6.45, 7) is 11.3. The van der Waals surface area contributed by atoms with Gasteiger partial charge in [0.2, 0.25) is 0 Å². The minimum Gasteiger partial charge on any atom is -0.206 e. The SMILES string of the molecule is C=Cc1c(F)cccc1C(/C=C\C(=C)C)=C/C. The van der Waals surface area contributed by atoms with E-state index < -0.39 is 0 Å². The zero-order valence-corrected chi connectivity index (χ0v) is 10.3. The van der Waals surface area contributed by atoms with E-state index in [1.165, 1.54) is 6.07 Å². The van der Waals surface area contributed by atoms with E-state index in [0.717, 1.165) is 16.7 Å². The average molecular weight is 228 g/mol. The first-order chi connectivity index (χ1) is 8.10. The molecule has 1 heteroatoms. The molecule has 0 heterocycles. The first-order valence-electron chi connectivity index (χ1n) is 5.51. The van der Waals surface area contributed by atoms with Crippen molar-refractivity contribution in [3.05, 3.63) is 72.1 Å². The van der Waals surface area contributed by atoms with Gasteiger partial charge in [0.25, 0.3) is 0 Å². The van der Waals surface area contributed by atoms with Crippen molar-refractivity contribution in [1.82, 2.24) is 0 Å². The maximum Gasteiger partial charge on any atom is 0.131 e. The van der Waals surface area contributed by atoms with Crippen molar-refractivity contribution in [2.45, 2.75) is 13.8 Å². The quantitative estimate of drug-likeness (QED) is 0.636. The van der Waals surface area contributed by atoms with Crippen molar-refractivity contribution in [1.29, 1.82) is 0 Å². The van der Waals surface area contributed by atoms with E-state index in [-0.39, 0.29) is 5.82 Å². The highest BCUT2D eigenvalue weighted by atomic mass is 19.1. The van der Waals surface area contributed by atoms with E-state index in [2.05, 4.69) is 13.2 Å². The molecule has 17 heavy (non-hydrogen) atoms. The lowest BCUT2D eigenvalue weighted by Crippen LogP contribution is -1.90. The van der Waals surface area contributed by atoms with Gasteiger partial charge in [-0.3, -0.25) is 0 Å². The van der Waals surface area contributed by atoms with Crippen LogP contribution in [0, 0.1) is 5.82 Å². The van der Waals surface area contributed by atoms with Crippen LogP contribution in [0.5, 0.6) is 0 Å². The summed E-state index contributed by atoms with van der Waals surface area (Å²) in [5.74, 6) is -0.249. The Bertz CT molecular complexity index is 490. The standard InChI is InChI=1S/C16H17F/c1-5-13(11-10-12(3)4)15-8-7-9-16(17)14(15)6-2/h5-11H,2-3H2,1,4H3/b11-10-,13-5+. The molecule has 0 unspecified atom stereocenters. The maximum atomic E-state index is 13.6. The van der Waals surface area contributed by atoms with Crippen molar-refractivity contribution >= 4 is 11.6 Å². The van der Waals surface area contributed by atoms with E-state index in [1.807, 2.05) is 38.1 Å². The second-order valence-electron chi connectivity index (χ2n) is 3.83. The number of hydrogen-bond acceptors (Lipinski definition) is 0. The zero-order chi connectivity index (χ0) is 12.8. The molecule has 1 aromatic carbocycles. The van der Waals surface area contributed by atoms with Crippen molar-refractivity contribution in [3.8, 4) is 0 Å². The van der Waals surface area contributed by atoms with Gasteiger partial charge in [0, 0.05) is 5.56 Å². The lowest BCUT2D eigenvalue weighted by atomic mass is 9.98. The number of allylic oxidation sites excluding steroid dienone is 5. The van der Waals surface area contributed by atoms with E-state index in [0.29, 0.717) is 5.56 Å². The van der Waals surface area contributed by atoms with E-state index in [1.54, 1.807) is 12.1 Å². The van der Waals surface area contributed by atoms with Gasteiger partial charge in [-0.1, -0.05) is 55.2 Å². The summed E-state index contributed by atoms with van der Waals surface area (Å²) in [6.07, 6.45) is 7.33. The largest absolute Gasteiger partial charge is 0.206 e. The highest BCUT2D eigenvalue weighted by Crippen LogP contribution is 2.24. The van der Waals surface area contributed by atoms with Gasteiger partial charge in [-0.15, -0.1) is 0 Å². The summed E-state index contributed by atoms with van der Waals surface area (Å²) in [7, 11) is 0. The molecule has 0 atom stereocenters. The highest BCUT2D eigenvalue weighted by Gasteiger charge is 2.06. The summed E-state index contributed by atoms with van der Waals surface area (Å²) < 4.78 is 13.6. The molecule has 1 aromatic rings. The summed E-state index contributed by atoms with van der Waals surface area (Å²) in [6, 6.07) is 5.03. The molecular weight excluding hydrogens is 211 g/mol. The van der Waals surface area contributed by atoms with Crippen LogP contribution in [0.4, 0.5) is 4.39 Å². The third-order valence-corrected chi connectivity index (χ3v) is 2.43. The minimum absolute atomic E-state index is 0.249. The number of hydrogen-bond donors (Lipinski definition) is 0. The molecule has 88 valence electrons. The fourth-order valence-electron chi connectivity index (χ4n) is 1.57. The molecule has 0 amide bonds. The van der Waals surface area contributed by atoms with Crippen molar-refractivity contribution < 1.29 is 4.39 Å². The summed E-state index contributed by atoms with van der Waals surface area (Å²) in [4.78, 5) is 0. The van der Waals surface area contributed by atoms with Crippen molar-refractivity contribution in [3.63, 3.8) is 0 Å². The van der Waals surface area contributed by atoms with Gasteiger partial charge in [0.15, 0.2) is 0 Å². The molecule has 0 spiro atoms. The number of rotatable bonds is 4. The molecule has 1 rings (SSSR count). The average Bonchev–Trinajstić information content (AvgIpc) is 2.29. The molecule has 0 N–H and O–H groups in total. The monoisotopic (exact) mass is 228 g/mol. The Balaban J connectivity index is 3.27. The van der Waals surface area contributed by atoms with Gasteiger partial charge < -0.3 is 0 Å². The maximum absolute atomic E-state index is 13.6. The second kappa shape index (κ2) is 6.00. The van der Waals surface area contributed by atoms with Gasteiger partial charge in [-0.05, 0) is 31.1 Å². The second-order valence-corrected chi connectivity index (χ2v) is 3.83. The Kier molecular flexibility index (Phi) is 4.65. The van der Waals surface area contributed by atoms with E-state index in [4.69, 9.17) is 0 Å². The molecule has 0 bridgehead atoms. The molecule has 0 saturated carbocycles. The van der Waals surface area contributed by atoms with Crippen molar-refractivity contribution in [2.24, 2.45) is 0 Å². The molecular formula is C16H17F. The lowest BCUT2D eigenvalue weighted by Gasteiger charge is -2.08. The highest BCUT2D eigenvalue weighted by molar-refractivity contribution is 5.80. The predicted octanol–water partition coefficient (Wildman–Crippen LogP) is 5.00. The first-order valence-corrected chi connectivity index (χ1v) is 5.51. The predicted molar refractivity (Wildman–Crippen MR) is 74.1 cm³/mol. The van der Waals surface area contributed by atoms with Crippen LogP contribution in [0.25, 0.3) is 11.6 Å². The summed E-state index contributed by atoms with van der Waals surface area (Å²) in [5.41, 5.74) is 3.30. The fraction of sp³-hybridized carbons (Fsp3) is 0.125. The Morgan fingerprint density at radius 1 is 1.29 bits per heavy atom. The third kappa shape index (κ3) is 3.28. The van der Waals surface area contributed by atoms with Crippen LogP contribution in [-0.2, 0) is 0 Å². The lowest BCUT2D eigenvalue weighted by molar-refractivity contribution is 0.624. The molecule has 0 fully saturated rings. The van der Waals surface area contributed by atoms with Crippen LogP contribution < -0.4 is 0 Å². The molecule has 0 aliphatic carbocycles. The third-order valence-electron chi connectivity index (χ3n) is 2.43. The van der Waals surface area contributed by atoms with Crippen LogP contribution in [0.1, 0.15) is 25.0 Å². The Morgan fingerprint density at radius 3 is 2.53 bits per heavy atom. The van der Waals surface area contributed by atoms with Gasteiger partial charge in [-0.25, -0.2) is 4.39 Å². The Labute approximate surface area is 102 Å². The number of halogens is 1. The Hall–Kier alpha value is -1.89. The summed E-state index contributed by atoms with van der Waals surface area (Å²) >= 11 is 0. The molecule has 0 aliphatic heterocycles. The van der Waals surface area contributed by atoms with Crippen LogP contribution in [0.15, 0.2) is 55.2 Å².